The van der Waals surface area contributed by atoms with Gasteiger partial charge in [0.05, 0.1) is 25.0 Å². The highest BCUT2D eigenvalue weighted by Gasteiger charge is 2.49. The summed E-state index contributed by atoms with van der Waals surface area (Å²) in [7, 11) is 0. The number of rotatable bonds is 6. The van der Waals surface area contributed by atoms with Crippen molar-refractivity contribution in [1.82, 2.24) is 5.32 Å². The van der Waals surface area contributed by atoms with Crippen LogP contribution in [0.15, 0.2) is 22.8 Å². The summed E-state index contributed by atoms with van der Waals surface area (Å²) in [6.45, 7) is 7.22. The second-order valence-corrected chi connectivity index (χ2v) is 5.47. The van der Waals surface area contributed by atoms with Crippen molar-refractivity contribution in [2.75, 3.05) is 13.2 Å². The first-order valence-electron chi connectivity index (χ1n) is 6.61. The maximum atomic E-state index is 9.45. The van der Waals surface area contributed by atoms with Gasteiger partial charge in [-0.1, -0.05) is 13.8 Å². The lowest BCUT2D eigenvalue weighted by atomic mass is 9.64. The van der Waals surface area contributed by atoms with Gasteiger partial charge in [0.15, 0.2) is 0 Å². The third-order valence-electron chi connectivity index (χ3n) is 4.02. The summed E-state index contributed by atoms with van der Waals surface area (Å²) in [5.41, 5.74) is 0.0933. The largest absolute Gasteiger partial charge is 0.468 e. The molecule has 0 aliphatic heterocycles. The highest BCUT2D eigenvalue weighted by atomic mass is 16.5. The second kappa shape index (κ2) is 5.43. The summed E-state index contributed by atoms with van der Waals surface area (Å²) < 4.78 is 11.0. The number of hydrogen-bond donors (Lipinski definition) is 2. The van der Waals surface area contributed by atoms with Crippen LogP contribution < -0.4 is 5.32 Å². The minimum Gasteiger partial charge on any atom is -0.468 e. The van der Waals surface area contributed by atoms with E-state index in [-0.39, 0.29) is 18.1 Å². The molecule has 0 amide bonds. The topological polar surface area (TPSA) is 54.6 Å². The van der Waals surface area contributed by atoms with Crippen LogP contribution in [-0.2, 0) is 4.74 Å². The van der Waals surface area contributed by atoms with Crippen molar-refractivity contribution in [1.29, 1.82) is 0 Å². The van der Waals surface area contributed by atoms with Gasteiger partial charge in [0, 0.05) is 18.1 Å². The van der Waals surface area contributed by atoms with E-state index in [1.807, 2.05) is 19.1 Å². The minimum atomic E-state index is -0.133. The monoisotopic (exact) mass is 253 g/mol. The van der Waals surface area contributed by atoms with E-state index in [2.05, 4.69) is 19.2 Å². The fraction of sp³-hybridized carbons (Fsp3) is 0.714. The van der Waals surface area contributed by atoms with E-state index >= 15 is 0 Å². The minimum absolute atomic E-state index is 0.0411. The van der Waals surface area contributed by atoms with E-state index in [1.165, 1.54) is 0 Å². The molecule has 1 aromatic rings. The molecule has 1 fully saturated rings. The van der Waals surface area contributed by atoms with Crippen LogP contribution in [0.5, 0.6) is 0 Å². The Labute approximate surface area is 108 Å². The first kappa shape index (κ1) is 13.6. The molecule has 1 aliphatic rings. The van der Waals surface area contributed by atoms with Gasteiger partial charge < -0.3 is 19.6 Å². The average molecular weight is 253 g/mol. The van der Waals surface area contributed by atoms with Crippen LogP contribution in [0, 0.1) is 5.41 Å². The highest BCUT2D eigenvalue weighted by molar-refractivity contribution is 5.09. The molecule has 18 heavy (non-hydrogen) atoms. The van der Waals surface area contributed by atoms with Crippen LogP contribution in [0.25, 0.3) is 0 Å². The Morgan fingerprint density at radius 3 is 2.89 bits per heavy atom. The van der Waals surface area contributed by atoms with Crippen molar-refractivity contribution >= 4 is 0 Å². The fourth-order valence-electron chi connectivity index (χ4n) is 2.61. The molecule has 3 atom stereocenters. The maximum Gasteiger partial charge on any atom is 0.123 e. The van der Waals surface area contributed by atoms with Gasteiger partial charge in [-0.3, -0.25) is 0 Å². The predicted octanol–water partition coefficient (Wildman–Crippen LogP) is 2.11. The van der Waals surface area contributed by atoms with E-state index in [9.17, 15) is 5.11 Å². The Morgan fingerprint density at radius 1 is 1.61 bits per heavy atom. The molecule has 0 unspecified atom stereocenters. The first-order chi connectivity index (χ1) is 8.59. The van der Waals surface area contributed by atoms with Crippen LogP contribution in [-0.4, -0.2) is 30.5 Å². The van der Waals surface area contributed by atoms with E-state index in [0.717, 1.165) is 18.8 Å². The number of ether oxygens (including phenoxy) is 1. The molecule has 102 valence electrons. The Kier molecular flexibility index (Phi) is 4.10. The zero-order chi connectivity index (χ0) is 13.2. The zero-order valence-corrected chi connectivity index (χ0v) is 11.3. The van der Waals surface area contributed by atoms with Gasteiger partial charge in [-0.2, -0.15) is 0 Å². The lowest BCUT2D eigenvalue weighted by Crippen LogP contribution is -2.61. The summed E-state index contributed by atoms with van der Waals surface area (Å²) in [6.07, 6.45) is 2.92. The number of aliphatic hydroxyl groups excluding tert-OH is 1. The molecule has 1 aliphatic carbocycles. The Bertz CT molecular complexity index is 361. The van der Waals surface area contributed by atoms with Gasteiger partial charge in [-0.25, -0.2) is 0 Å². The Balaban J connectivity index is 1.94. The molecule has 4 nitrogen and oxygen atoms in total. The SMILES string of the molecule is CCO[C@@H]1C[C@H](N[C@H](CO)c2ccco2)C1(C)C. The van der Waals surface area contributed by atoms with Gasteiger partial charge in [-0.15, -0.1) is 0 Å². The predicted molar refractivity (Wildman–Crippen MR) is 69.3 cm³/mol. The van der Waals surface area contributed by atoms with Gasteiger partial charge in [-0.05, 0) is 25.5 Å². The molecular formula is C14H23NO3. The van der Waals surface area contributed by atoms with E-state index in [0.29, 0.717) is 12.1 Å². The van der Waals surface area contributed by atoms with Crippen molar-refractivity contribution < 1.29 is 14.3 Å². The summed E-state index contributed by atoms with van der Waals surface area (Å²) in [5.74, 6) is 0.785. The number of nitrogens with one attached hydrogen (secondary N) is 1. The molecule has 1 aromatic heterocycles. The van der Waals surface area contributed by atoms with Gasteiger partial charge >= 0.3 is 0 Å². The van der Waals surface area contributed by atoms with Crippen LogP contribution in [0.1, 0.15) is 39.0 Å². The molecule has 0 bridgehead atoms. The summed E-state index contributed by atoms with van der Waals surface area (Å²) in [6, 6.07) is 3.94. The number of aliphatic hydroxyl groups is 1. The van der Waals surface area contributed by atoms with E-state index in [4.69, 9.17) is 9.15 Å². The van der Waals surface area contributed by atoms with E-state index < -0.39 is 0 Å². The van der Waals surface area contributed by atoms with Crippen molar-refractivity contribution in [3.8, 4) is 0 Å². The van der Waals surface area contributed by atoms with Crippen molar-refractivity contribution in [2.24, 2.45) is 5.41 Å². The number of furan rings is 1. The molecule has 0 spiro atoms. The molecule has 1 heterocycles. The summed E-state index contributed by atoms with van der Waals surface area (Å²) >= 11 is 0. The van der Waals surface area contributed by atoms with Gasteiger partial charge in [0.25, 0.3) is 0 Å². The number of hydrogen-bond acceptors (Lipinski definition) is 4. The normalized spacial score (nSPS) is 27.8. The molecular weight excluding hydrogens is 230 g/mol. The average Bonchev–Trinajstić information content (AvgIpc) is 2.86. The molecule has 2 N–H and O–H groups in total. The van der Waals surface area contributed by atoms with Gasteiger partial charge in [0.2, 0.25) is 0 Å². The summed E-state index contributed by atoms with van der Waals surface area (Å²) in [5, 5.41) is 12.9. The maximum absolute atomic E-state index is 9.45. The highest BCUT2D eigenvalue weighted by Crippen LogP contribution is 2.43. The van der Waals surface area contributed by atoms with Crippen LogP contribution >= 0.6 is 0 Å². The van der Waals surface area contributed by atoms with Crippen molar-refractivity contribution in [3.05, 3.63) is 24.2 Å². The van der Waals surface area contributed by atoms with Crippen molar-refractivity contribution in [3.63, 3.8) is 0 Å². The Hall–Kier alpha value is -0.840. The zero-order valence-electron chi connectivity index (χ0n) is 11.3. The molecule has 0 saturated heterocycles. The van der Waals surface area contributed by atoms with Crippen LogP contribution in [0.2, 0.25) is 0 Å². The lowest BCUT2D eigenvalue weighted by Gasteiger charge is -2.52. The quantitative estimate of drug-likeness (QED) is 0.815. The Morgan fingerprint density at radius 2 is 2.39 bits per heavy atom. The molecule has 4 heteroatoms. The molecule has 0 aromatic carbocycles. The van der Waals surface area contributed by atoms with Gasteiger partial charge in [0.1, 0.15) is 5.76 Å². The smallest absolute Gasteiger partial charge is 0.123 e. The van der Waals surface area contributed by atoms with Crippen LogP contribution in [0.4, 0.5) is 0 Å². The lowest BCUT2D eigenvalue weighted by molar-refractivity contribution is -0.118. The molecule has 1 saturated carbocycles. The standard InChI is InChI=1S/C14H23NO3/c1-4-17-13-8-12(14(13,2)3)15-10(9-16)11-6-5-7-18-11/h5-7,10,12-13,15-16H,4,8-9H2,1-3H3/t10-,12+,13-/m1/s1. The summed E-state index contributed by atoms with van der Waals surface area (Å²) in [4.78, 5) is 0. The molecule has 0 radical (unpaired) electrons. The van der Waals surface area contributed by atoms with Crippen LogP contribution in [0.3, 0.4) is 0 Å². The van der Waals surface area contributed by atoms with E-state index in [1.54, 1.807) is 6.26 Å². The third-order valence-corrected chi connectivity index (χ3v) is 4.02. The van der Waals surface area contributed by atoms with Crippen molar-refractivity contribution in [2.45, 2.75) is 45.4 Å². The first-order valence-corrected chi connectivity index (χ1v) is 6.61. The fourth-order valence-corrected chi connectivity index (χ4v) is 2.61. The second-order valence-electron chi connectivity index (χ2n) is 5.47. The molecule has 2 rings (SSSR count). The third kappa shape index (κ3) is 2.46.